The zero-order chi connectivity index (χ0) is 45.6. The van der Waals surface area contributed by atoms with Gasteiger partial charge in [-0.15, -0.1) is 0 Å². The van der Waals surface area contributed by atoms with E-state index in [1.165, 1.54) is 171 Å². The van der Waals surface area contributed by atoms with Gasteiger partial charge in [0.1, 0.15) is 0 Å². The summed E-state index contributed by atoms with van der Waals surface area (Å²) in [4.78, 5) is 2.77. The van der Waals surface area contributed by atoms with E-state index in [-0.39, 0.29) is 17.7 Å². The van der Waals surface area contributed by atoms with Crippen molar-refractivity contribution in [2.75, 3.05) is 4.81 Å². The van der Waals surface area contributed by atoms with Crippen LogP contribution in [0.1, 0.15) is 102 Å². The van der Waals surface area contributed by atoms with Crippen molar-refractivity contribution in [2.24, 2.45) is 23.7 Å². The Morgan fingerprint density at radius 1 is 0.478 bits per heavy atom. The molecule has 0 N–H and O–H groups in total. The maximum absolute atomic E-state index is 2.78. The van der Waals surface area contributed by atoms with Gasteiger partial charge in [-0.1, -0.05) is 149 Å². The Morgan fingerprint density at radius 2 is 1.04 bits per heavy atom. The summed E-state index contributed by atoms with van der Waals surface area (Å²) < 4.78 is 2.75. The predicted octanol–water partition coefficient (Wildman–Crippen LogP) is 16.2. The molecule has 338 valence electrons. The molecule has 4 fully saturated rings. The third kappa shape index (κ3) is 5.98. The Morgan fingerprint density at radius 3 is 1.68 bits per heavy atom. The summed E-state index contributed by atoms with van der Waals surface area (Å²) >= 11 is 0. The molecule has 2 nitrogen and oxygen atoms in total. The van der Waals surface area contributed by atoms with Crippen molar-refractivity contribution in [1.29, 1.82) is 0 Å². The maximum atomic E-state index is 2.78. The molecule has 4 atom stereocenters. The van der Waals surface area contributed by atoms with Crippen molar-refractivity contribution in [3.05, 3.63) is 175 Å². The molecule has 3 heteroatoms. The Balaban J connectivity index is 1.06. The van der Waals surface area contributed by atoms with Crippen molar-refractivity contribution in [1.82, 2.24) is 4.57 Å². The quantitative estimate of drug-likeness (QED) is 0.145. The third-order valence-corrected chi connectivity index (χ3v) is 19.5. The van der Waals surface area contributed by atoms with Gasteiger partial charge in [0.15, 0.2) is 0 Å². The second-order valence-electron chi connectivity index (χ2n) is 22.9. The first-order chi connectivity index (χ1) is 34.0. The third-order valence-electron chi connectivity index (χ3n) is 19.5. The maximum Gasteiger partial charge on any atom is 0.333 e. The highest BCUT2D eigenvalue weighted by molar-refractivity contribution is 6.93. The number of rotatable bonds is 7. The number of benzene rings is 8. The topological polar surface area (TPSA) is 8.17 Å². The molecule has 0 radical (unpaired) electrons. The van der Waals surface area contributed by atoms with Crippen LogP contribution in [0.4, 0.5) is 11.4 Å². The number of fused-ring (bicyclic) bond motifs is 12. The molecule has 4 bridgehead atoms. The lowest BCUT2D eigenvalue weighted by Crippen LogP contribution is -2.61. The Bertz CT molecular complexity index is 3500. The largest absolute Gasteiger partial charge is 0.376 e. The minimum Gasteiger partial charge on any atom is -0.376 e. The van der Waals surface area contributed by atoms with Crippen LogP contribution >= 0.6 is 0 Å². The van der Waals surface area contributed by atoms with Gasteiger partial charge < -0.3 is 9.38 Å². The molecule has 6 aliphatic rings. The summed E-state index contributed by atoms with van der Waals surface area (Å²) in [6.45, 7) is 4.99. The summed E-state index contributed by atoms with van der Waals surface area (Å²) in [6, 6.07) is 64.2. The molecule has 4 unspecified atom stereocenters. The molecule has 0 amide bonds. The summed E-state index contributed by atoms with van der Waals surface area (Å²) in [5, 5.41) is 5.49. The molecule has 0 spiro atoms. The summed E-state index contributed by atoms with van der Waals surface area (Å²) in [5.74, 6) is 3.44. The van der Waals surface area contributed by atoms with Gasteiger partial charge in [-0.2, -0.15) is 0 Å². The normalized spacial score (nSPS) is 25.1. The number of hydrogen-bond acceptors (Lipinski definition) is 1. The minimum absolute atomic E-state index is 0.0278. The lowest BCUT2D eigenvalue weighted by atomic mass is 9.43. The Hall–Kier alpha value is -6.32. The summed E-state index contributed by atoms with van der Waals surface area (Å²) in [6.07, 6.45) is 16.3. The molecule has 1 aromatic heterocycles. The monoisotopic (exact) mass is 892 g/mol. The zero-order valence-corrected chi connectivity index (χ0v) is 40.4. The molecule has 3 heterocycles. The van der Waals surface area contributed by atoms with E-state index in [2.05, 4.69) is 187 Å². The van der Waals surface area contributed by atoms with Crippen molar-refractivity contribution < 1.29 is 0 Å². The van der Waals surface area contributed by atoms with Crippen molar-refractivity contribution >= 4 is 61.7 Å². The lowest BCUT2D eigenvalue weighted by molar-refractivity contribution is 0.207. The average molecular weight is 893 g/mol. The van der Waals surface area contributed by atoms with Crippen molar-refractivity contribution in [2.45, 2.75) is 102 Å². The van der Waals surface area contributed by atoms with Gasteiger partial charge in [-0.25, -0.2) is 0 Å². The molecular formula is C66H61BN2. The van der Waals surface area contributed by atoms with E-state index in [4.69, 9.17) is 0 Å². The molecular weight excluding hydrogens is 832 g/mol. The van der Waals surface area contributed by atoms with Crippen LogP contribution in [0.25, 0.3) is 71.6 Å². The molecule has 4 aliphatic carbocycles. The minimum atomic E-state index is -0.0278. The van der Waals surface area contributed by atoms with Gasteiger partial charge in [0.05, 0.1) is 11.0 Å². The lowest BCUT2D eigenvalue weighted by Gasteiger charge is -2.44. The molecule has 2 aliphatic heterocycles. The molecule has 0 saturated heterocycles. The van der Waals surface area contributed by atoms with Crippen LogP contribution in [-0.4, -0.2) is 11.4 Å². The first kappa shape index (κ1) is 40.6. The van der Waals surface area contributed by atoms with E-state index < -0.39 is 0 Å². The second-order valence-corrected chi connectivity index (χ2v) is 22.9. The van der Waals surface area contributed by atoms with E-state index in [1.54, 1.807) is 11.1 Å². The summed E-state index contributed by atoms with van der Waals surface area (Å²) in [7, 11) is 0. The highest BCUT2D eigenvalue weighted by atomic mass is 15.1. The Labute approximate surface area is 408 Å². The fraction of sp³-hybridized carbons (Fsp3) is 0.303. The highest BCUT2D eigenvalue weighted by Gasteiger charge is 2.49. The van der Waals surface area contributed by atoms with Crippen molar-refractivity contribution in [3.8, 4) is 39.1 Å². The predicted molar refractivity (Wildman–Crippen MR) is 292 cm³/mol. The smallest absolute Gasteiger partial charge is 0.333 e. The molecule has 8 aromatic carbocycles. The molecule has 69 heavy (non-hydrogen) atoms. The number of aromatic nitrogens is 1. The van der Waals surface area contributed by atoms with E-state index in [0.717, 1.165) is 23.7 Å². The van der Waals surface area contributed by atoms with Crippen LogP contribution in [0.3, 0.4) is 0 Å². The Kier molecular flexibility index (Phi) is 8.87. The van der Waals surface area contributed by atoms with E-state index >= 15 is 0 Å². The van der Waals surface area contributed by atoms with Crippen LogP contribution in [0.5, 0.6) is 0 Å². The highest BCUT2D eigenvalue weighted by Crippen LogP contribution is 2.57. The first-order valence-corrected chi connectivity index (χ1v) is 26.8. The fourth-order valence-corrected chi connectivity index (χ4v) is 16.3. The second kappa shape index (κ2) is 15.1. The van der Waals surface area contributed by atoms with E-state index in [1.807, 2.05) is 0 Å². The zero-order valence-electron chi connectivity index (χ0n) is 40.4. The molecule has 4 saturated carbocycles. The van der Waals surface area contributed by atoms with Crippen LogP contribution < -0.4 is 15.7 Å². The van der Waals surface area contributed by atoms with Crippen LogP contribution in [-0.2, 0) is 10.8 Å². The standard InChI is InChI=1S/C66H61BN2/c1-3-65(38-42-19-20-43(29-42)39-65)52-25-28-60-56(35-52)58-36-53(66(4-2)40-44-21-22-45(30-44)41-66)37-59-64(58)68(60)62-34-51(47-15-9-6-10-16-47)32-57-55-31-49-17-11-12-18-50(49)33-61(55)69(67(59)63(57)62)54-26-23-48(24-27-54)46-13-7-5-8-14-46/h5-18,23-28,31-37,42-45H,3-4,19-22,29-30,38-41H2,1-2H3. The van der Waals surface area contributed by atoms with Gasteiger partial charge in [0.25, 0.3) is 0 Å². The molecule has 15 rings (SSSR count). The van der Waals surface area contributed by atoms with Crippen LogP contribution in [0.2, 0.25) is 0 Å². The van der Waals surface area contributed by atoms with Gasteiger partial charge >= 0.3 is 6.85 Å². The van der Waals surface area contributed by atoms with E-state index in [0.29, 0.717) is 0 Å². The van der Waals surface area contributed by atoms with Gasteiger partial charge in [-0.05, 0) is 201 Å². The average Bonchev–Trinajstić information content (AvgIpc) is 4.07. The number of nitrogens with zero attached hydrogens (tertiary/aromatic N) is 2. The van der Waals surface area contributed by atoms with Gasteiger partial charge in [-0.3, -0.25) is 0 Å². The SMILES string of the molecule is CCC1(c2ccc3c(c2)c2cc(C4(CC)CC5CCC(C5)C4)cc4c2n3-c2cc(-c3ccccc3)cc3c2B4N(c2ccc(-c4ccccc4)cc2)c2cc4ccccc4cc2-3)CC2CCC(C2)C1. The number of anilines is 2. The summed E-state index contributed by atoms with van der Waals surface area (Å²) in [5.41, 5.74) is 20.9. The fourth-order valence-electron chi connectivity index (χ4n) is 16.3. The number of hydrogen-bond donors (Lipinski definition) is 0. The molecule has 9 aromatic rings. The van der Waals surface area contributed by atoms with Crippen LogP contribution in [0, 0.1) is 23.7 Å². The van der Waals surface area contributed by atoms with Gasteiger partial charge in [0.2, 0.25) is 0 Å². The van der Waals surface area contributed by atoms with Gasteiger partial charge in [0, 0.05) is 33.4 Å². The van der Waals surface area contributed by atoms with E-state index in [9.17, 15) is 0 Å². The first-order valence-electron chi connectivity index (χ1n) is 26.8. The van der Waals surface area contributed by atoms with Crippen molar-refractivity contribution in [3.63, 3.8) is 0 Å². The van der Waals surface area contributed by atoms with Crippen LogP contribution in [0.15, 0.2) is 164 Å².